The van der Waals surface area contributed by atoms with Gasteiger partial charge in [-0.2, -0.15) is 0 Å². The van der Waals surface area contributed by atoms with Gasteiger partial charge in [-0.05, 0) is 86.1 Å². The number of nitrogens with zero attached hydrogens (tertiary/aromatic N) is 2. The van der Waals surface area contributed by atoms with E-state index in [9.17, 15) is 9.18 Å². The molecule has 6 rings (SSSR count). The zero-order valence-electron chi connectivity index (χ0n) is 21.4. The number of carbonyl (C=O) groups excluding carboxylic acids is 1. The molecule has 2 unspecified atom stereocenters. The number of likely N-dealkylation sites (tertiary alicyclic amines) is 1. The highest BCUT2D eigenvalue weighted by Crippen LogP contribution is 2.36. The molecule has 2 fully saturated rings. The number of hydrogen-bond donors (Lipinski definition) is 1. The molecule has 3 aromatic rings. The number of rotatable bonds is 7. The Balaban J connectivity index is 1.14. The third kappa shape index (κ3) is 5.40. The van der Waals surface area contributed by atoms with Crippen molar-refractivity contribution in [3.05, 3.63) is 64.9 Å². The average molecular weight is 538 g/mol. The van der Waals surface area contributed by atoms with Crippen molar-refractivity contribution < 1.29 is 18.7 Å². The fraction of sp³-hybridized carbons (Fsp3) is 0.433. The summed E-state index contributed by atoms with van der Waals surface area (Å²) in [5.74, 6) is 1.26. The second-order valence-electron chi connectivity index (χ2n) is 10.6. The number of hydrogen-bond acceptors (Lipinski definition) is 5. The van der Waals surface area contributed by atoms with Crippen molar-refractivity contribution in [3.8, 4) is 11.5 Å². The number of carbonyl (C=O) groups is 1. The van der Waals surface area contributed by atoms with Crippen LogP contribution in [0, 0.1) is 11.7 Å². The van der Waals surface area contributed by atoms with Gasteiger partial charge in [-0.15, -0.1) is 0 Å². The van der Waals surface area contributed by atoms with E-state index >= 15 is 0 Å². The fourth-order valence-corrected chi connectivity index (χ4v) is 6.30. The quantitative estimate of drug-likeness (QED) is 0.457. The van der Waals surface area contributed by atoms with Gasteiger partial charge < -0.3 is 24.6 Å². The standard InChI is InChI=1S/C30H33ClFN3O3/c31-29-25-6-5-23(32)17-21(25)4-7-26(29)35-12-9-22(18-35)30(36)33-24(19-34-10-1-2-11-34)15-20-3-8-27-28(16-20)38-14-13-37-27/h3-8,16-17,22,24H,1-2,9-15,18-19H2,(H,33,36). The Morgan fingerprint density at radius 1 is 1.03 bits per heavy atom. The first-order valence-corrected chi connectivity index (χ1v) is 14.0. The summed E-state index contributed by atoms with van der Waals surface area (Å²) in [6.07, 6.45) is 3.93. The van der Waals surface area contributed by atoms with Crippen molar-refractivity contribution in [1.29, 1.82) is 0 Å². The van der Waals surface area contributed by atoms with E-state index in [-0.39, 0.29) is 23.7 Å². The molecular weight excluding hydrogens is 505 g/mol. The van der Waals surface area contributed by atoms with Gasteiger partial charge >= 0.3 is 0 Å². The first-order valence-electron chi connectivity index (χ1n) is 13.6. The molecule has 2 atom stereocenters. The molecule has 0 spiro atoms. The molecule has 0 radical (unpaired) electrons. The number of nitrogens with one attached hydrogen (secondary N) is 1. The second-order valence-corrected chi connectivity index (χ2v) is 11.0. The van der Waals surface area contributed by atoms with Crippen molar-refractivity contribution in [2.24, 2.45) is 5.92 Å². The molecule has 0 aromatic heterocycles. The molecule has 0 aliphatic carbocycles. The van der Waals surface area contributed by atoms with E-state index in [2.05, 4.69) is 21.2 Å². The maximum atomic E-state index is 13.6. The van der Waals surface area contributed by atoms with Crippen molar-refractivity contribution >= 4 is 34.0 Å². The number of amides is 1. The Morgan fingerprint density at radius 3 is 2.68 bits per heavy atom. The lowest BCUT2D eigenvalue weighted by Crippen LogP contribution is -2.46. The van der Waals surface area contributed by atoms with Gasteiger partial charge in [0, 0.05) is 31.1 Å². The van der Waals surface area contributed by atoms with Gasteiger partial charge in [0.1, 0.15) is 19.0 Å². The van der Waals surface area contributed by atoms with Crippen LogP contribution in [0.4, 0.5) is 10.1 Å². The normalized spacial score (nSPS) is 20.2. The van der Waals surface area contributed by atoms with Crippen LogP contribution < -0.4 is 19.7 Å². The minimum absolute atomic E-state index is 0.0105. The third-order valence-corrected chi connectivity index (χ3v) is 8.31. The van der Waals surface area contributed by atoms with Crippen LogP contribution in [0.3, 0.4) is 0 Å². The SMILES string of the molecule is O=C(NC(Cc1ccc2c(c1)OCCO2)CN1CCCC1)C1CCN(c2ccc3cc(F)ccc3c2Cl)C1. The Morgan fingerprint density at radius 2 is 1.84 bits per heavy atom. The lowest BCUT2D eigenvalue weighted by Gasteiger charge is -2.27. The van der Waals surface area contributed by atoms with Gasteiger partial charge in [0.05, 0.1) is 16.6 Å². The van der Waals surface area contributed by atoms with Crippen molar-refractivity contribution in [1.82, 2.24) is 10.2 Å². The van der Waals surface area contributed by atoms with Gasteiger partial charge in [-0.1, -0.05) is 23.7 Å². The Hall–Kier alpha value is -3.03. The third-order valence-electron chi connectivity index (χ3n) is 7.91. The summed E-state index contributed by atoms with van der Waals surface area (Å²) in [7, 11) is 0. The zero-order valence-corrected chi connectivity index (χ0v) is 22.2. The Labute approximate surface area is 227 Å². The molecule has 0 bridgehead atoms. The first-order chi connectivity index (χ1) is 18.5. The van der Waals surface area contributed by atoms with Crippen LogP contribution in [-0.2, 0) is 11.2 Å². The number of benzene rings is 3. The van der Waals surface area contributed by atoms with Crippen LogP contribution in [0.15, 0.2) is 48.5 Å². The maximum absolute atomic E-state index is 13.6. The topological polar surface area (TPSA) is 54.0 Å². The lowest BCUT2D eigenvalue weighted by molar-refractivity contribution is -0.125. The van der Waals surface area contributed by atoms with E-state index in [0.717, 1.165) is 72.5 Å². The minimum Gasteiger partial charge on any atom is -0.486 e. The molecule has 8 heteroatoms. The number of ether oxygens (including phenoxy) is 2. The number of anilines is 1. The van der Waals surface area contributed by atoms with Gasteiger partial charge in [0.2, 0.25) is 5.91 Å². The van der Waals surface area contributed by atoms with Crippen molar-refractivity contribution in [3.63, 3.8) is 0 Å². The van der Waals surface area contributed by atoms with E-state index in [1.54, 1.807) is 6.07 Å². The van der Waals surface area contributed by atoms with Crippen LogP contribution in [0.25, 0.3) is 10.8 Å². The van der Waals surface area contributed by atoms with Crippen LogP contribution in [-0.4, -0.2) is 62.8 Å². The Kier molecular flexibility index (Phi) is 7.30. The first kappa shape index (κ1) is 25.3. The molecule has 200 valence electrons. The molecule has 1 amide bonds. The van der Waals surface area contributed by atoms with Crippen LogP contribution >= 0.6 is 11.6 Å². The molecule has 3 aromatic carbocycles. The predicted molar refractivity (Wildman–Crippen MR) is 148 cm³/mol. The van der Waals surface area contributed by atoms with Crippen LogP contribution in [0.5, 0.6) is 11.5 Å². The highest BCUT2D eigenvalue weighted by atomic mass is 35.5. The van der Waals surface area contributed by atoms with E-state index < -0.39 is 0 Å². The summed E-state index contributed by atoms with van der Waals surface area (Å²) in [5.41, 5.74) is 2.03. The highest BCUT2D eigenvalue weighted by Gasteiger charge is 2.31. The summed E-state index contributed by atoms with van der Waals surface area (Å²) >= 11 is 6.73. The molecule has 2 saturated heterocycles. The summed E-state index contributed by atoms with van der Waals surface area (Å²) in [5, 5.41) is 5.59. The smallest absolute Gasteiger partial charge is 0.225 e. The summed E-state index contributed by atoms with van der Waals surface area (Å²) in [6, 6.07) is 14.6. The summed E-state index contributed by atoms with van der Waals surface area (Å²) in [4.78, 5) is 18.1. The van der Waals surface area contributed by atoms with Gasteiger partial charge in [0.25, 0.3) is 0 Å². The second kappa shape index (κ2) is 11.0. The molecular formula is C30H33ClFN3O3. The van der Waals surface area contributed by atoms with Crippen molar-refractivity contribution in [2.45, 2.75) is 31.7 Å². The fourth-order valence-electron chi connectivity index (χ4n) is 5.94. The largest absolute Gasteiger partial charge is 0.486 e. The molecule has 0 saturated carbocycles. The van der Waals surface area contributed by atoms with Gasteiger partial charge in [0.15, 0.2) is 11.5 Å². The molecule has 6 nitrogen and oxygen atoms in total. The van der Waals surface area contributed by atoms with E-state index in [4.69, 9.17) is 21.1 Å². The zero-order chi connectivity index (χ0) is 26.1. The minimum atomic E-state index is -0.279. The van der Waals surface area contributed by atoms with Crippen molar-refractivity contribution in [2.75, 3.05) is 50.8 Å². The van der Waals surface area contributed by atoms with Gasteiger partial charge in [-0.25, -0.2) is 4.39 Å². The van der Waals surface area contributed by atoms with Crippen LogP contribution in [0.2, 0.25) is 5.02 Å². The lowest BCUT2D eigenvalue weighted by atomic mass is 10.0. The number of halogens is 2. The van der Waals surface area contributed by atoms with E-state index in [0.29, 0.717) is 24.8 Å². The van der Waals surface area contributed by atoms with Crippen LogP contribution in [0.1, 0.15) is 24.8 Å². The molecule has 3 heterocycles. The molecule has 3 aliphatic rings. The molecule has 38 heavy (non-hydrogen) atoms. The monoisotopic (exact) mass is 537 g/mol. The van der Waals surface area contributed by atoms with Gasteiger partial charge in [-0.3, -0.25) is 4.79 Å². The Bertz CT molecular complexity index is 1330. The summed E-state index contributed by atoms with van der Waals surface area (Å²) < 4.78 is 25.1. The maximum Gasteiger partial charge on any atom is 0.225 e. The number of fused-ring (bicyclic) bond motifs is 2. The highest BCUT2D eigenvalue weighted by molar-refractivity contribution is 6.38. The van der Waals surface area contributed by atoms with E-state index in [1.165, 1.54) is 25.0 Å². The molecule has 3 aliphatic heterocycles. The van der Waals surface area contributed by atoms with E-state index in [1.807, 2.05) is 24.3 Å². The molecule has 1 N–H and O–H groups in total. The predicted octanol–water partition coefficient (Wildman–Crippen LogP) is 5.05. The summed E-state index contributed by atoms with van der Waals surface area (Å²) in [6.45, 7) is 5.48. The average Bonchev–Trinajstić information content (AvgIpc) is 3.61.